The quantitative estimate of drug-likeness (QED) is 0.665. The van der Waals surface area contributed by atoms with Gasteiger partial charge in [-0.25, -0.2) is 8.42 Å². The summed E-state index contributed by atoms with van der Waals surface area (Å²) in [6, 6.07) is 10.8. The topological polar surface area (TPSA) is 60.2 Å². The van der Waals surface area contributed by atoms with E-state index in [1.165, 1.54) is 24.2 Å². The van der Waals surface area contributed by atoms with Crippen LogP contribution in [0.15, 0.2) is 29.2 Å². The number of nitrogens with two attached hydrogens (primary N) is 1. The molecule has 1 aliphatic carbocycles. The van der Waals surface area contributed by atoms with Crippen molar-refractivity contribution in [1.29, 1.82) is 0 Å². The molecule has 0 saturated heterocycles. The van der Waals surface area contributed by atoms with E-state index in [-0.39, 0.29) is 14.0 Å². The molecular formula is C15H26NO2SSi. The third-order valence-electron chi connectivity index (χ3n) is 3.65. The molecular weight excluding hydrogens is 286 g/mol. The average molecular weight is 313 g/mol. The summed E-state index contributed by atoms with van der Waals surface area (Å²) in [7, 11) is -2.93. The Labute approximate surface area is 125 Å². The standard InChI is InChI=1S/C9H11NO2S.C6H15Si/c10-7-2-1-3-9(6-7)13(11,12)8-4-5-8;1-4-7(5-2)6-3/h1-3,6,8H,4-5,10H2;4-6H2,1-3H3. The molecule has 0 aromatic heterocycles. The summed E-state index contributed by atoms with van der Waals surface area (Å²) in [4.78, 5) is 0.356. The third kappa shape index (κ3) is 4.94. The monoisotopic (exact) mass is 312 g/mol. The van der Waals surface area contributed by atoms with E-state index in [0.29, 0.717) is 10.6 Å². The first-order valence-electron chi connectivity index (χ1n) is 7.38. The van der Waals surface area contributed by atoms with E-state index in [1.807, 2.05) is 0 Å². The van der Waals surface area contributed by atoms with E-state index in [2.05, 4.69) is 20.8 Å². The zero-order valence-corrected chi connectivity index (χ0v) is 14.5. The van der Waals surface area contributed by atoms with Crippen molar-refractivity contribution in [3.63, 3.8) is 0 Å². The largest absolute Gasteiger partial charge is 0.399 e. The van der Waals surface area contributed by atoms with Gasteiger partial charge in [0, 0.05) is 14.5 Å². The van der Waals surface area contributed by atoms with E-state index in [4.69, 9.17) is 5.73 Å². The highest BCUT2D eigenvalue weighted by Crippen LogP contribution is 2.33. The summed E-state index contributed by atoms with van der Waals surface area (Å²) in [6.45, 7) is 6.92. The molecule has 1 aliphatic rings. The number of nitrogen functional groups attached to an aromatic ring is 1. The van der Waals surface area contributed by atoms with Crippen molar-refractivity contribution in [2.24, 2.45) is 0 Å². The maximum atomic E-state index is 11.7. The Kier molecular flexibility index (Phi) is 6.75. The first kappa shape index (κ1) is 17.2. The van der Waals surface area contributed by atoms with Gasteiger partial charge in [-0.15, -0.1) is 0 Å². The lowest BCUT2D eigenvalue weighted by Gasteiger charge is -2.02. The van der Waals surface area contributed by atoms with Gasteiger partial charge in [-0.3, -0.25) is 0 Å². The lowest BCUT2D eigenvalue weighted by atomic mass is 10.3. The molecule has 1 aromatic carbocycles. The summed E-state index contributed by atoms with van der Waals surface area (Å²) in [5.41, 5.74) is 6.01. The molecule has 1 radical (unpaired) electrons. The number of hydrogen-bond donors (Lipinski definition) is 1. The van der Waals surface area contributed by atoms with Crippen LogP contribution in [0.2, 0.25) is 18.1 Å². The van der Waals surface area contributed by atoms with E-state index in [1.54, 1.807) is 18.2 Å². The fourth-order valence-corrected chi connectivity index (χ4v) is 5.22. The molecule has 1 fully saturated rings. The van der Waals surface area contributed by atoms with Gasteiger partial charge in [0.05, 0.1) is 10.1 Å². The molecule has 5 heteroatoms. The highest BCUT2D eigenvalue weighted by atomic mass is 32.2. The predicted molar refractivity (Wildman–Crippen MR) is 88.3 cm³/mol. The minimum Gasteiger partial charge on any atom is -0.399 e. The van der Waals surface area contributed by atoms with Crippen LogP contribution in [-0.4, -0.2) is 22.5 Å². The molecule has 1 aromatic rings. The summed E-state index contributed by atoms with van der Waals surface area (Å²) < 4.78 is 23.4. The Bertz CT molecular complexity index is 503. The van der Waals surface area contributed by atoms with E-state index in [9.17, 15) is 8.42 Å². The number of rotatable bonds is 5. The number of hydrogen-bond acceptors (Lipinski definition) is 3. The molecule has 0 spiro atoms. The van der Waals surface area contributed by atoms with Gasteiger partial charge < -0.3 is 5.73 Å². The van der Waals surface area contributed by atoms with Crippen molar-refractivity contribution in [2.75, 3.05) is 5.73 Å². The molecule has 0 atom stereocenters. The van der Waals surface area contributed by atoms with Crippen molar-refractivity contribution in [2.45, 2.75) is 61.9 Å². The number of sulfone groups is 1. The van der Waals surface area contributed by atoms with E-state index < -0.39 is 9.84 Å². The SMILES string of the molecule is CC[Si](CC)CC.Nc1cccc(S(=O)(=O)C2CC2)c1. The first-order chi connectivity index (χ1) is 9.45. The van der Waals surface area contributed by atoms with Gasteiger partial charge in [0.15, 0.2) is 9.84 Å². The second kappa shape index (κ2) is 7.83. The van der Waals surface area contributed by atoms with Gasteiger partial charge in [0.25, 0.3) is 0 Å². The Morgan fingerprint density at radius 2 is 1.70 bits per heavy atom. The molecule has 0 unspecified atom stereocenters. The first-order valence-corrected chi connectivity index (χ1v) is 11.0. The average Bonchev–Trinajstić information content (AvgIpc) is 3.26. The van der Waals surface area contributed by atoms with E-state index in [0.717, 1.165) is 12.8 Å². The summed E-state index contributed by atoms with van der Waals surface area (Å²) >= 11 is 0. The smallest absolute Gasteiger partial charge is 0.181 e. The van der Waals surface area contributed by atoms with Gasteiger partial charge in [0.2, 0.25) is 0 Å². The van der Waals surface area contributed by atoms with Crippen molar-refractivity contribution in [3.8, 4) is 0 Å². The minimum atomic E-state index is -3.07. The number of benzene rings is 1. The zero-order valence-electron chi connectivity index (χ0n) is 12.7. The molecule has 3 nitrogen and oxygen atoms in total. The van der Waals surface area contributed by atoms with Crippen molar-refractivity contribution < 1.29 is 8.42 Å². The molecule has 0 bridgehead atoms. The molecule has 1 saturated carbocycles. The van der Waals surface area contributed by atoms with Crippen LogP contribution in [0.25, 0.3) is 0 Å². The van der Waals surface area contributed by atoms with Crippen molar-refractivity contribution in [1.82, 2.24) is 0 Å². The Morgan fingerprint density at radius 3 is 2.05 bits per heavy atom. The highest BCUT2D eigenvalue weighted by Gasteiger charge is 2.36. The molecule has 113 valence electrons. The number of anilines is 1. The molecule has 0 heterocycles. The molecule has 20 heavy (non-hydrogen) atoms. The second-order valence-electron chi connectivity index (χ2n) is 5.13. The Hall–Kier alpha value is -0.813. The summed E-state index contributed by atoms with van der Waals surface area (Å²) in [5, 5.41) is -0.158. The molecule has 0 aliphatic heterocycles. The summed E-state index contributed by atoms with van der Waals surface area (Å²) in [6.07, 6.45) is 1.58. The van der Waals surface area contributed by atoms with Gasteiger partial charge in [0.1, 0.15) is 0 Å². The molecule has 2 N–H and O–H groups in total. The minimum absolute atomic E-state index is 0.137. The summed E-state index contributed by atoms with van der Waals surface area (Å²) in [5.74, 6) is 0. The van der Waals surface area contributed by atoms with Crippen molar-refractivity contribution in [3.05, 3.63) is 24.3 Å². The second-order valence-corrected chi connectivity index (χ2v) is 11.0. The van der Waals surface area contributed by atoms with Gasteiger partial charge in [-0.2, -0.15) is 0 Å². The third-order valence-corrected chi connectivity index (χ3v) is 8.91. The lowest BCUT2D eigenvalue weighted by molar-refractivity contribution is 0.595. The van der Waals surface area contributed by atoms with Crippen LogP contribution in [0.1, 0.15) is 33.6 Å². The highest BCUT2D eigenvalue weighted by molar-refractivity contribution is 7.92. The van der Waals surface area contributed by atoms with Gasteiger partial charge >= 0.3 is 0 Å². The zero-order chi connectivity index (χ0) is 15.2. The van der Waals surface area contributed by atoms with E-state index >= 15 is 0 Å². The van der Waals surface area contributed by atoms with Crippen LogP contribution < -0.4 is 5.73 Å². The normalized spacial score (nSPS) is 14.8. The Balaban J connectivity index is 0.000000246. The Morgan fingerprint density at radius 1 is 1.15 bits per heavy atom. The molecule has 0 amide bonds. The van der Waals surface area contributed by atoms with Crippen LogP contribution in [0.3, 0.4) is 0 Å². The van der Waals surface area contributed by atoms with Crippen molar-refractivity contribution >= 4 is 24.3 Å². The maximum absolute atomic E-state index is 11.7. The van der Waals surface area contributed by atoms with Crippen LogP contribution in [0.4, 0.5) is 5.69 Å². The predicted octanol–water partition coefficient (Wildman–Crippen LogP) is 3.75. The fraction of sp³-hybridized carbons (Fsp3) is 0.600. The van der Waals surface area contributed by atoms with Gasteiger partial charge in [-0.1, -0.05) is 45.0 Å². The van der Waals surface area contributed by atoms with Crippen LogP contribution in [-0.2, 0) is 9.84 Å². The fourth-order valence-electron chi connectivity index (χ4n) is 2.01. The van der Waals surface area contributed by atoms with Gasteiger partial charge in [-0.05, 0) is 31.0 Å². The van der Waals surface area contributed by atoms with Crippen LogP contribution >= 0.6 is 0 Å². The van der Waals surface area contributed by atoms with Crippen LogP contribution in [0.5, 0.6) is 0 Å². The lowest BCUT2D eigenvalue weighted by Crippen LogP contribution is -2.07. The molecule has 2 rings (SSSR count). The van der Waals surface area contributed by atoms with Crippen LogP contribution in [0, 0.1) is 0 Å². The maximum Gasteiger partial charge on any atom is 0.181 e.